The van der Waals surface area contributed by atoms with Crippen molar-refractivity contribution in [3.8, 4) is 16.9 Å². The lowest BCUT2D eigenvalue weighted by molar-refractivity contribution is -0.138. The highest BCUT2D eigenvalue weighted by Gasteiger charge is 2.52. The van der Waals surface area contributed by atoms with Crippen LogP contribution in [0.3, 0.4) is 0 Å². The van der Waals surface area contributed by atoms with E-state index >= 15 is 0 Å². The predicted octanol–water partition coefficient (Wildman–Crippen LogP) is 3.75. The molecule has 1 aromatic heterocycles. The SMILES string of the molecule is C[C@@]12CCC(=O)N1[C@H](C(=O)NCc1cn(-c3ccccc3)nc1-c1ccc(F)cc1)CS2. The highest BCUT2D eigenvalue weighted by Crippen LogP contribution is 2.47. The molecule has 32 heavy (non-hydrogen) atoms. The van der Waals surface area contributed by atoms with Crippen molar-refractivity contribution in [3.05, 3.63) is 72.2 Å². The van der Waals surface area contributed by atoms with E-state index in [1.807, 2.05) is 43.5 Å². The number of fused-ring (bicyclic) bond motifs is 1. The minimum Gasteiger partial charge on any atom is -0.350 e. The normalized spacial score (nSPS) is 22.2. The van der Waals surface area contributed by atoms with Crippen molar-refractivity contribution in [2.75, 3.05) is 5.75 Å². The molecule has 3 heterocycles. The van der Waals surface area contributed by atoms with Gasteiger partial charge < -0.3 is 10.2 Å². The largest absolute Gasteiger partial charge is 0.350 e. The zero-order valence-electron chi connectivity index (χ0n) is 17.6. The number of amides is 2. The van der Waals surface area contributed by atoms with Crippen LogP contribution in [-0.2, 0) is 16.1 Å². The number of para-hydroxylation sites is 1. The summed E-state index contributed by atoms with van der Waals surface area (Å²) < 4.78 is 15.2. The third kappa shape index (κ3) is 3.68. The van der Waals surface area contributed by atoms with Gasteiger partial charge in [0.15, 0.2) is 0 Å². The Morgan fingerprint density at radius 2 is 1.97 bits per heavy atom. The number of nitrogens with one attached hydrogen (secondary N) is 1. The van der Waals surface area contributed by atoms with E-state index in [0.717, 1.165) is 23.2 Å². The number of hydrogen-bond acceptors (Lipinski definition) is 4. The molecule has 2 atom stereocenters. The minimum atomic E-state index is -0.460. The fraction of sp³-hybridized carbons (Fsp3) is 0.292. The Hall–Kier alpha value is -3.13. The molecule has 2 saturated heterocycles. The number of carbonyl (C=O) groups excluding carboxylic acids is 2. The Labute approximate surface area is 189 Å². The lowest BCUT2D eigenvalue weighted by Crippen LogP contribution is -2.49. The molecular formula is C24H23FN4O2S. The molecule has 6 nitrogen and oxygen atoms in total. The number of thioether (sulfide) groups is 1. The molecule has 0 bridgehead atoms. The summed E-state index contributed by atoms with van der Waals surface area (Å²) in [6, 6.07) is 15.4. The van der Waals surface area contributed by atoms with Gasteiger partial charge in [0.2, 0.25) is 11.8 Å². The van der Waals surface area contributed by atoms with E-state index in [1.165, 1.54) is 12.1 Å². The van der Waals surface area contributed by atoms with Gasteiger partial charge in [0.25, 0.3) is 0 Å². The number of aromatic nitrogens is 2. The van der Waals surface area contributed by atoms with Gasteiger partial charge in [-0.05, 0) is 49.7 Å². The van der Waals surface area contributed by atoms with E-state index in [0.29, 0.717) is 17.9 Å². The molecule has 0 saturated carbocycles. The van der Waals surface area contributed by atoms with Gasteiger partial charge >= 0.3 is 0 Å². The van der Waals surface area contributed by atoms with Gasteiger partial charge in [-0.1, -0.05) is 18.2 Å². The van der Waals surface area contributed by atoms with Gasteiger partial charge in [-0.15, -0.1) is 11.8 Å². The van der Waals surface area contributed by atoms with Crippen molar-refractivity contribution < 1.29 is 14.0 Å². The molecule has 8 heteroatoms. The summed E-state index contributed by atoms with van der Waals surface area (Å²) in [5.74, 6) is 0.168. The van der Waals surface area contributed by atoms with Crippen LogP contribution in [0.15, 0.2) is 60.8 Å². The van der Waals surface area contributed by atoms with Gasteiger partial charge in [0.1, 0.15) is 11.9 Å². The maximum absolute atomic E-state index is 13.5. The van der Waals surface area contributed by atoms with Crippen LogP contribution in [0.1, 0.15) is 25.3 Å². The number of carbonyl (C=O) groups is 2. The summed E-state index contributed by atoms with van der Waals surface area (Å²) in [5.41, 5.74) is 3.15. The van der Waals surface area contributed by atoms with E-state index in [1.54, 1.807) is 33.5 Å². The molecule has 2 amide bonds. The Balaban J connectivity index is 1.40. The highest BCUT2D eigenvalue weighted by molar-refractivity contribution is 8.01. The van der Waals surface area contributed by atoms with Crippen LogP contribution in [0, 0.1) is 5.82 Å². The lowest BCUT2D eigenvalue weighted by atomic mass is 10.1. The molecule has 1 N–H and O–H groups in total. The molecule has 0 radical (unpaired) electrons. The lowest BCUT2D eigenvalue weighted by Gasteiger charge is -2.29. The van der Waals surface area contributed by atoms with Crippen LogP contribution in [0.2, 0.25) is 0 Å². The zero-order valence-corrected chi connectivity index (χ0v) is 18.4. The Bertz CT molecular complexity index is 1160. The second-order valence-electron chi connectivity index (χ2n) is 8.27. The Morgan fingerprint density at radius 3 is 2.72 bits per heavy atom. The van der Waals surface area contributed by atoms with Gasteiger partial charge in [0, 0.05) is 36.0 Å². The Morgan fingerprint density at radius 1 is 1.22 bits per heavy atom. The van der Waals surface area contributed by atoms with E-state index in [-0.39, 0.29) is 29.0 Å². The number of halogens is 1. The van der Waals surface area contributed by atoms with Crippen molar-refractivity contribution in [1.82, 2.24) is 20.0 Å². The van der Waals surface area contributed by atoms with Crippen LogP contribution in [0.4, 0.5) is 4.39 Å². The van der Waals surface area contributed by atoms with E-state index in [2.05, 4.69) is 5.32 Å². The van der Waals surface area contributed by atoms with Crippen molar-refractivity contribution in [1.29, 1.82) is 0 Å². The molecule has 164 valence electrons. The summed E-state index contributed by atoms with van der Waals surface area (Å²) >= 11 is 1.67. The second kappa shape index (κ2) is 8.09. The summed E-state index contributed by atoms with van der Waals surface area (Å²) in [6.45, 7) is 2.30. The van der Waals surface area contributed by atoms with Gasteiger partial charge in [-0.2, -0.15) is 5.10 Å². The summed E-state index contributed by atoms with van der Waals surface area (Å²) in [5, 5.41) is 7.71. The highest BCUT2D eigenvalue weighted by atomic mass is 32.2. The fourth-order valence-corrected chi connectivity index (χ4v) is 5.85. The van der Waals surface area contributed by atoms with Gasteiger partial charge in [-0.25, -0.2) is 9.07 Å². The van der Waals surface area contributed by atoms with Crippen molar-refractivity contribution in [3.63, 3.8) is 0 Å². The second-order valence-corrected chi connectivity index (χ2v) is 9.77. The standard InChI is InChI=1S/C24H23FN4O2S/c1-24-12-11-21(30)29(24)20(15-32-24)23(31)26-13-17-14-28(19-5-3-2-4-6-19)27-22(17)16-7-9-18(25)10-8-16/h2-10,14,20H,11-13,15H2,1H3,(H,26,31)/t20-,24+/m0/s1. The maximum atomic E-state index is 13.5. The number of benzene rings is 2. The van der Waals surface area contributed by atoms with E-state index < -0.39 is 6.04 Å². The van der Waals surface area contributed by atoms with E-state index in [9.17, 15) is 14.0 Å². The summed E-state index contributed by atoms with van der Waals surface area (Å²) in [7, 11) is 0. The first-order chi connectivity index (χ1) is 15.4. The third-order valence-electron chi connectivity index (χ3n) is 6.13. The number of hydrogen-bond donors (Lipinski definition) is 1. The van der Waals surface area contributed by atoms with Gasteiger partial charge in [0.05, 0.1) is 16.3 Å². The summed E-state index contributed by atoms with van der Waals surface area (Å²) in [4.78, 5) is 26.9. The topological polar surface area (TPSA) is 67.2 Å². The average Bonchev–Trinajstić information content (AvgIpc) is 3.46. The third-order valence-corrected chi connectivity index (χ3v) is 7.63. The molecule has 0 aliphatic carbocycles. The first kappa shape index (κ1) is 20.8. The minimum absolute atomic E-state index is 0.0431. The Kier molecular flexibility index (Phi) is 5.25. The molecule has 2 fully saturated rings. The van der Waals surface area contributed by atoms with E-state index in [4.69, 9.17) is 5.10 Å². The van der Waals surface area contributed by atoms with Gasteiger partial charge in [-0.3, -0.25) is 9.59 Å². The maximum Gasteiger partial charge on any atom is 0.243 e. The molecule has 5 rings (SSSR count). The average molecular weight is 451 g/mol. The molecule has 3 aromatic rings. The quantitative estimate of drug-likeness (QED) is 0.643. The van der Waals surface area contributed by atoms with Crippen molar-refractivity contribution in [2.24, 2.45) is 0 Å². The fourth-order valence-electron chi connectivity index (χ4n) is 4.42. The predicted molar refractivity (Wildman–Crippen MR) is 122 cm³/mol. The monoisotopic (exact) mass is 450 g/mol. The van der Waals surface area contributed by atoms with Crippen molar-refractivity contribution >= 4 is 23.6 Å². The number of nitrogens with zero attached hydrogens (tertiary/aromatic N) is 3. The van der Waals surface area contributed by atoms with Crippen LogP contribution in [0.25, 0.3) is 16.9 Å². The summed E-state index contributed by atoms with van der Waals surface area (Å²) in [6.07, 6.45) is 3.15. The molecule has 2 aromatic carbocycles. The van der Waals surface area contributed by atoms with Crippen molar-refractivity contribution in [2.45, 2.75) is 37.2 Å². The smallest absolute Gasteiger partial charge is 0.243 e. The van der Waals surface area contributed by atoms with Crippen LogP contribution in [0.5, 0.6) is 0 Å². The first-order valence-corrected chi connectivity index (χ1v) is 11.6. The molecular weight excluding hydrogens is 427 g/mol. The van der Waals surface area contributed by atoms with Crippen LogP contribution in [-0.4, -0.2) is 43.2 Å². The molecule has 0 spiro atoms. The van der Waals surface area contributed by atoms with Crippen LogP contribution >= 0.6 is 11.8 Å². The first-order valence-electron chi connectivity index (χ1n) is 10.6. The molecule has 0 unspecified atom stereocenters. The molecule has 2 aliphatic rings. The molecule has 2 aliphatic heterocycles. The van der Waals surface area contributed by atoms with Crippen LogP contribution < -0.4 is 5.32 Å². The number of rotatable bonds is 5. The zero-order chi connectivity index (χ0) is 22.3.